The van der Waals surface area contributed by atoms with Gasteiger partial charge in [0, 0.05) is 12.4 Å². The molecule has 2 rings (SSSR count). The first-order valence-electron chi connectivity index (χ1n) is 4.09. The van der Waals surface area contributed by atoms with Crippen LogP contribution in [-0.4, -0.2) is 4.98 Å². The number of hydrogen-bond donors (Lipinski definition) is 0. The van der Waals surface area contributed by atoms with E-state index in [0.29, 0.717) is 0 Å². The van der Waals surface area contributed by atoms with Crippen molar-refractivity contribution in [2.75, 3.05) is 0 Å². The molecule has 0 spiro atoms. The standard InChI is InChI=1S/C6H6O.C5H5N.Pt/c7-6-4-2-1-3-5-6;1-2-4-6-5-3-1;/h1-5,7H;1-5H;/q;;+1/p-1. The van der Waals surface area contributed by atoms with Crippen LogP contribution in [0.15, 0.2) is 60.9 Å². The fraction of sp³-hybridized carbons (Fsp3) is 0. The summed E-state index contributed by atoms with van der Waals surface area (Å²) in [5.41, 5.74) is 0. The third kappa shape index (κ3) is 4.78. The monoisotopic (exact) mass is 367 g/mol. The number of pyridine rings is 1. The van der Waals surface area contributed by atoms with Crippen molar-refractivity contribution in [2.45, 2.75) is 0 Å². The zero-order chi connectivity index (χ0) is 10.1. The molecule has 0 unspecified atom stereocenters. The van der Waals surface area contributed by atoms with Crippen LogP contribution >= 0.6 is 0 Å². The second kappa shape index (κ2) is 7.28. The molecule has 0 aliphatic rings. The van der Waals surface area contributed by atoms with Crippen molar-refractivity contribution in [2.24, 2.45) is 0 Å². The van der Waals surface area contributed by atoms with E-state index in [0.717, 1.165) is 5.75 Å². The molecule has 0 N–H and O–H groups in total. The molecule has 14 heavy (non-hydrogen) atoms. The minimum atomic E-state index is 0.897. The van der Waals surface area contributed by atoms with Crippen LogP contribution in [0.2, 0.25) is 0 Å². The average Bonchev–Trinajstić information content (AvgIpc) is 2.33. The number of nitrogens with zero attached hydrogens (tertiary/aromatic N) is 1. The summed E-state index contributed by atoms with van der Waals surface area (Å²) in [6.45, 7) is 0. The number of hydrogen-bond acceptors (Lipinski definition) is 2. The largest absolute Gasteiger partial charge is 0.265 e. The molecule has 1 heterocycles. The van der Waals surface area contributed by atoms with Gasteiger partial charge in [0.1, 0.15) is 0 Å². The maximum absolute atomic E-state index is 4.89. The Bertz CT molecular complexity index is 299. The smallest absolute Gasteiger partial charge is 0.0267 e. The van der Waals surface area contributed by atoms with Gasteiger partial charge in [-0.2, -0.15) is 0 Å². The summed E-state index contributed by atoms with van der Waals surface area (Å²) < 4.78 is 4.89. The molecule has 1 aromatic carbocycles. The molecule has 2 aromatic rings. The second-order valence-corrected chi connectivity index (χ2v) is 2.87. The Labute approximate surface area is 95.3 Å². The summed E-state index contributed by atoms with van der Waals surface area (Å²) in [5, 5.41) is 0. The van der Waals surface area contributed by atoms with Gasteiger partial charge in [0.15, 0.2) is 0 Å². The van der Waals surface area contributed by atoms with Gasteiger partial charge in [-0.05, 0) is 12.1 Å². The molecule has 0 saturated heterocycles. The average molecular weight is 367 g/mol. The fourth-order valence-electron chi connectivity index (χ4n) is 0.776. The zero-order valence-electron chi connectivity index (χ0n) is 7.45. The van der Waals surface area contributed by atoms with E-state index in [1.165, 1.54) is 0 Å². The molecule has 0 atom stereocenters. The Hall–Kier alpha value is -1.14. The molecule has 0 amide bonds. The molecular formula is C11H10NOPt. The summed E-state index contributed by atoms with van der Waals surface area (Å²) in [5.74, 6) is 0.897. The minimum Gasteiger partial charge on any atom is -0.265 e. The molecule has 0 bridgehead atoms. The van der Waals surface area contributed by atoms with E-state index in [4.69, 9.17) is 3.39 Å². The fourth-order valence-corrected chi connectivity index (χ4v) is 1.09. The molecule has 2 nitrogen and oxygen atoms in total. The Balaban J connectivity index is 0.000000146. The summed E-state index contributed by atoms with van der Waals surface area (Å²) in [7, 11) is 0. The van der Waals surface area contributed by atoms with Crippen molar-refractivity contribution < 1.29 is 23.6 Å². The van der Waals surface area contributed by atoms with Gasteiger partial charge in [-0.25, -0.2) is 0 Å². The van der Waals surface area contributed by atoms with Crippen molar-refractivity contribution in [3.05, 3.63) is 60.9 Å². The molecule has 1 aromatic heterocycles. The normalized spacial score (nSPS) is 8.43. The van der Waals surface area contributed by atoms with Gasteiger partial charge in [0.2, 0.25) is 0 Å². The van der Waals surface area contributed by atoms with Crippen LogP contribution in [0.4, 0.5) is 0 Å². The van der Waals surface area contributed by atoms with Crippen LogP contribution in [-0.2, 0) is 20.2 Å². The molecule has 3 heteroatoms. The zero-order valence-corrected chi connectivity index (χ0v) is 9.72. The molecular weight excluding hydrogens is 357 g/mol. The van der Waals surface area contributed by atoms with Crippen LogP contribution in [0.1, 0.15) is 0 Å². The van der Waals surface area contributed by atoms with Crippen LogP contribution in [0.5, 0.6) is 5.75 Å². The maximum atomic E-state index is 4.89. The van der Waals surface area contributed by atoms with Crippen LogP contribution in [0, 0.1) is 0 Å². The van der Waals surface area contributed by atoms with Crippen LogP contribution in [0.25, 0.3) is 0 Å². The van der Waals surface area contributed by atoms with Crippen molar-refractivity contribution in [3.8, 4) is 5.75 Å². The molecule has 75 valence electrons. The second-order valence-electron chi connectivity index (χ2n) is 2.40. The van der Waals surface area contributed by atoms with Gasteiger partial charge in [0.25, 0.3) is 0 Å². The predicted octanol–water partition coefficient (Wildman–Crippen LogP) is 2.61. The van der Waals surface area contributed by atoms with E-state index in [1.807, 2.05) is 68.7 Å². The Morgan fingerprint density at radius 2 is 1.43 bits per heavy atom. The van der Waals surface area contributed by atoms with Crippen molar-refractivity contribution in [1.29, 1.82) is 0 Å². The van der Waals surface area contributed by atoms with Gasteiger partial charge in [-0.3, -0.25) is 4.98 Å². The van der Waals surface area contributed by atoms with E-state index in [2.05, 4.69) is 4.98 Å². The van der Waals surface area contributed by atoms with E-state index in [-0.39, 0.29) is 0 Å². The van der Waals surface area contributed by atoms with Crippen LogP contribution in [0.3, 0.4) is 0 Å². The number of rotatable bonds is 1. The van der Waals surface area contributed by atoms with Crippen molar-refractivity contribution in [3.63, 3.8) is 0 Å². The summed E-state index contributed by atoms with van der Waals surface area (Å²) >= 11 is 1.84. The Kier molecular flexibility index (Phi) is 5.69. The third-order valence-electron chi connectivity index (χ3n) is 1.38. The number of para-hydroxylation sites is 1. The molecule has 0 radical (unpaired) electrons. The van der Waals surface area contributed by atoms with Gasteiger partial charge in [-0.15, -0.1) is 0 Å². The SMILES string of the molecule is [Pt][O]c1ccccc1.c1ccncc1. The third-order valence-corrected chi connectivity index (χ3v) is 1.92. The maximum Gasteiger partial charge on any atom is 0.0267 e. The van der Waals surface area contributed by atoms with E-state index >= 15 is 0 Å². The van der Waals surface area contributed by atoms with Crippen molar-refractivity contribution in [1.82, 2.24) is 4.98 Å². The quantitative estimate of drug-likeness (QED) is 0.773. The Morgan fingerprint density at radius 1 is 0.857 bits per heavy atom. The van der Waals surface area contributed by atoms with Crippen molar-refractivity contribution >= 4 is 0 Å². The first-order valence-corrected chi connectivity index (χ1v) is 5.02. The van der Waals surface area contributed by atoms with Gasteiger partial charge in [0.05, 0.1) is 0 Å². The summed E-state index contributed by atoms with van der Waals surface area (Å²) in [6.07, 6.45) is 3.50. The predicted molar refractivity (Wildman–Crippen MR) is 51.3 cm³/mol. The van der Waals surface area contributed by atoms with E-state index in [9.17, 15) is 0 Å². The number of benzene rings is 1. The summed E-state index contributed by atoms with van der Waals surface area (Å²) in [4.78, 5) is 3.78. The molecule has 0 saturated carbocycles. The first-order chi connectivity index (χ1) is 6.93. The first kappa shape index (κ1) is 10.9. The van der Waals surface area contributed by atoms with E-state index in [1.54, 1.807) is 12.4 Å². The summed E-state index contributed by atoms with van der Waals surface area (Å²) in [6, 6.07) is 15.4. The Morgan fingerprint density at radius 3 is 1.71 bits per heavy atom. The minimum absolute atomic E-state index is 0.897. The molecule has 0 fully saturated rings. The van der Waals surface area contributed by atoms with Gasteiger partial charge in [-0.1, -0.05) is 6.07 Å². The molecule has 0 aliphatic carbocycles. The molecule has 0 aliphatic heterocycles. The van der Waals surface area contributed by atoms with E-state index < -0.39 is 0 Å². The van der Waals surface area contributed by atoms with Crippen LogP contribution < -0.4 is 3.39 Å². The topological polar surface area (TPSA) is 22.1 Å². The number of aromatic nitrogens is 1. The van der Waals surface area contributed by atoms with Gasteiger partial charge < -0.3 is 0 Å². The van der Waals surface area contributed by atoms with Gasteiger partial charge >= 0.3 is 59.7 Å².